The molecule has 5 aliphatic heterocycles. The quantitative estimate of drug-likeness (QED) is 0.00763. The van der Waals surface area contributed by atoms with E-state index in [9.17, 15) is 123 Å². The van der Waals surface area contributed by atoms with Gasteiger partial charge in [-0.3, -0.25) is 50.8 Å². The summed E-state index contributed by atoms with van der Waals surface area (Å²) in [5.74, 6) is -3.16. The highest BCUT2D eigenvalue weighted by molar-refractivity contribution is 7.88. The molecule has 0 unspecified atom stereocenters. The molecular formula is C87H100N6O28S8+2. The fourth-order valence-corrected chi connectivity index (χ4v) is 23.2. The molecule has 0 spiro atoms. The third kappa shape index (κ3) is 21.2. The molecule has 2 amide bonds. The van der Waals surface area contributed by atoms with Crippen LogP contribution in [0.3, 0.4) is 0 Å². The minimum atomic E-state index is -5.14. The highest BCUT2D eigenvalue weighted by atomic mass is 32.2. The van der Waals surface area contributed by atoms with Crippen LogP contribution in [-0.4, -0.2) is 196 Å². The van der Waals surface area contributed by atoms with Gasteiger partial charge in [0.2, 0.25) is 17.3 Å². The molecule has 7 aromatic carbocycles. The van der Waals surface area contributed by atoms with Gasteiger partial charge in [-0.1, -0.05) is 89.1 Å². The number of carbonyl (C=O) groups excluding carboxylic acids is 2. The molecule has 0 aromatic heterocycles. The van der Waals surface area contributed by atoms with E-state index in [0.29, 0.717) is 107 Å². The molecule has 5 heterocycles. The number of nitrogens with zero attached hydrogens (tertiary/aromatic N) is 5. The minimum absolute atomic E-state index is 0.000177. The summed E-state index contributed by atoms with van der Waals surface area (Å²) in [6.07, 6.45) is 20.1. The number of hydrogen-bond acceptors (Lipinski definition) is 21. The molecule has 42 heteroatoms. The zero-order valence-corrected chi connectivity index (χ0v) is 78.0. The van der Waals surface area contributed by atoms with Crippen molar-refractivity contribution in [3.8, 4) is 0 Å². The average molecular weight is 1930 g/mol. The van der Waals surface area contributed by atoms with Crippen molar-refractivity contribution in [3.05, 3.63) is 214 Å². The lowest BCUT2D eigenvalue weighted by molar-refractivity contribution is -0.437. The predicted octanol–water partition coefficient (Wildman–Crippen LogP) is 12.1. The maximum Gasteiger partial charge on any atom is 0.303 e. The number of amides is 2. The lowest BCUT2D eigenvalue weighted by Gasteiger charge is -2.30. The molecule has 12 rings (SSSR count). The average Bonchev–Trinajstić information content (AvgIpc) is 1.57. The van der Waals surface area contributed by atoms with Crippen LogP contribution < -0.4 is 15.1 Å². The SMILES string of the molecule is CC1(C)C(/C=C/C=C/C=C2/N(CCCCCC(=O)O)c3ccc(S(=O)(=O)O)cc3C2(C)C)=[N+](CCCS(=O)(=O)O)c2ccc(CNC(=O)c3cc4c(c(S(=O)(=O)O)c3)CN(C(=O)CCCCCN3/C(=C/C=C/C=C/C5=[N+](CCCS(=O)(=O)O)c6ccc7c(S(=O)(=O)O)cc(S(=O)(=O)O)cc7c6C5(C)C)C(C)(C)c5c3ccc3c(S(=O)(=O)O)cc(S(=O)(=O)O)cc53)CC4)cc21. The van der Waals surface area contributed by atoms with Gasteiger partial charge in [0.25, 0.3) is 86.9 Å². The lowest BCUT2D eigenvalue weighted by Crippen LogP contribution is -2.37. The highest BCUT2D eigenvalue weighted by Crippen LogP contribution is 2.54. The summed E-state index contributed by atoms with van der Waals surface area (Å²) in [6, 6.07) is 21.6. The molecule has 0 aliphatic carbocycles. The summed E-state index contributed by atoms with van der Waals surface area (Å²) in [5.41, 5.74) is 4.11. The third-order valence-electron chi connectivity index (χ3n) is 24.3. The second kappa shape index (κ2) is 36.4. The standard InChI is InChI=1S/C87H98N6O28S8/c1-84(2)66-45-55(29-33-68(66)91(40-21-43-122(98,99)100)75(84)23-13-9-14-24-76-85(3,4)67-50-58(124(104,105)106)30-34-69(67)90(76)38-20-12-18-28-80(95)96)53-88-83(97)57-46-56-37-42-89(54-65(56)72(47-57)127(113,114)115)79(94)27-17-11-19-39-92-70-35-31-61-63(48-59(125(107,108)109)51-73(61)128(116,117)118)81(70)86(5,6)77(92)25-15-10-16-26-78-87(7,8)82-64-49-60(126(110,111)112)52-74(129(119,120)121)62(64)32-36-71(82)93(78)41-22-44-123(101,102)103/h9-10,13-16,23-26,29-36,45-52H,11-12,17-22,27-28,37-44,53-54H2,1-8H3,(H8-2,88,95,96,97,98,99,100,101,102,103,104,105,106,107,108,109,110,111,112,113,114,115,116,117,118,119,120,121)/p+2. The first kappa shape index (κ1) is 98.2. The Hall–Kier alpha value is -9.87. The smallest absolute Gasteiger partial charge is 0.303 e. The Morgan fingerprint density at radius 2 is 0.922 bits per heavy atom. The number of carboxylic acid groups (broad SMARTS) is 1. The van der Waals surface area contributed by atoms with Gasteiger partial charge in [0, 0.05) is 144 Å². The van der Waals surface area contributed by atoms with Gasteiger partial charge in [-0.2, -0.15) is 76.5 Å². The van der Waals surface area contributed by atoms with E-state index in [1.165, 1.54) is 41.3 Å². The number of benzene rings is 7. The van der Waals surface area contributed by atoms with Gasteiger partial charge in [-0.05, 0) is 183 Å². The first-order valence-electron chi connectivity index (χ1n) is 40.9. The van der Waals surface area contributed by atoms with Crippen molar-refractivity contribution in [2.75, 3.05) is 54.0 Å². The number of aliphatic carboxylic acids is 1. The third-order valence-corrected chi connectivity index (χ3v) is 31.1. The van der Waals surface area contributed by atoms with Crippen molar-refractivity contribution in [2.24, 2.45) is 0 Å². The monoisotopic (exact) mass is 1930 g/mol. The molecular weight excluding hydrogens is 1830 g/mol. The first-order chi connectivity index (χ1) is 59.7. The molecule has 10 N–H and O–H groups in total. The molecule has 0 bridgehead atoms. The normalized spacial score (nSPS) is 17.6. The molecule has 0 fully saturated rings. The van der Waals surface area contributed by atoms with E-state index in [4.69, 9.17) is 0 Å². The maximum atomic E-state index is 14.2. The van der Waals surface area contributed by atoms with E-state index in [-0.39, 0.29) is 121 Å². The Morgan fingerprint density at radius 1 is 0.434 bits per heavy atom. The van der Waals surface area contributed by atoms with E-state index in [2.05, 4.69) is 5.32 Å². The van der Waals surface area contributed by atoms with Crippen LogP contribution >= 0.6 is 0 Å². The molecule has 0 atom stereocenters. The first-order valence-corrected chi connectivity index (χ1v) is 52.7. The Morgan fingerprint density at radius 3 is 1.45 bits per heavy atom. The lowest BCUT2D eigenvalue weighted by atomic mass is 9.79. The van der Waals surface area contributed by atoms with Gasteiger partial charge in [0.15, 0.2) is 11.4 Å². The second-order valence-electron chi connectivity index (χ2n) is 34.5. The minimum Gasteiger partial charge on any atom is -0.481 e. The van der Waals surface area contributed by atoms with E-state index in [1.807, 2.05) is 72.4 Å². The van der Waals surface area contributed by atoms with Gasteiger partial charge >= 0.3 is 5.97 Å². The topological polar surface area (TPSA) is 534 Å². The van der Waals surface area contributed by atoms with Crippen molar-refractivity contribution < 1.29 is 132 Å². The van der Waals surface area contributed by atoms with Gasteiger partial charge < -0.3 is 25.1 Å². The summed E-state index contributed by atoms with van der Waals surface area (Å²) in [6.45, 7) is 15.3. The number of carbonyl (C=O) groups is 3. The van der Waals surface area contributed by atoms with Crippen molar-refractivity contribution >= 4 is 154 Å². The van der Waals surface area contributed by atoms with Crippen LogP contribution in [0.4, 0.5) is 22.7 Å². The van der Waals surface area contributed by atoms with Crippen molar-refractivity contribution in [3.63, 3.8) is 0 Å². The molecule has 5 aliphatic rings. The molecule has 0 saturated carbocycles. The van der Waals surface area contributed by atoms with Crippen LogP contribution in [0.25, 0.3) is 21.5 Å². The number of fused-ring (bicyclic) bond motifs is 9. The number of anilines is 2. The molecule has 7 aromatic rings. The highest BCUT2D eigenvalue weighted by Gasteiger charge is 2.49. The number of nitrogens with one attached hydrogen (secondary N) is 1. The van der Waals surface area contributed by atoms with Gasteiger partial charge in [-0.15, -0.1) is 0 Å². The summed E-state index contributed by atoms with van der Waals surface area (Å²) < 4.78 is 286. The summed E-state index contributed by atoms with van der Waals surface area (Å²) in [7, 11) is -38.9. The molecule has 34 nitrogen and oxygen atoms in total. The zero-order valence-electron chi connectivity index (χ0n) is 71.4. The molecule has 129 heavy (non-hydrogen) atoms. The van der Waals surface area contributed by atoms with Crippen molar-refractivity contribution in [2.45, 2.75) is 190 Å². The van der Waals surface area contributed by atoms with Gasteiger partial charge in [0.1, 0.15) is 22.9 Å². The van der Waals surface area contributed by atoms with E-state index in [1.54, 1.807) is 93.0 Å². The maximum absolute atomic E-state index is 14.2. The van der Waals surface area contributed by atoms with Crippen LogP contribution in [0.1, 0.15) is 169 Å². The van der Waals surface area contributed by atoms with Gasteiger partial charge in [0.05, 0.1) is 41.9 Å². The van der Waals surface area contributed by atoms with Crippen LogP contribution in [-0.2, 0) is 132 Å². The summed E-state index contributed by atoms with van der Waals surface area (Å²) in [4.78, 5) is 40.9. The van der Waals surface area contributed by atoms with Crippen LogP contribution in [0.15, 0.2) is 199 Å². The summed E-state index contributed by atoms with van der Waals surface area (Å²) in [5, 5.41) is 11.9. The predicted molar refractivity (Wildman–Crippen MR) is 482 cm³/mol. The molecule has 0 saturated heterocycles. The Labute approximate surface area is 749 Å². The number of unbranched alkanes of at least 4 members (excludes halogenated alkanes) is 4. The van der Waals surface area contributed by atoms with Crippen LogP contribution in [0, 0.1) is 0 Å². The van der Waals surface area contributed by atoms with E-state index < -0.39 is 150 Å². The van der Waals surface area contributed by atoms with Gasteiger partial charge in [-0.25, -0.2) is 0 Å². The fraction of sp³-hybridized carbons (Fsp3) is 0.368. The number of carboxylic acids is 1. The Bertz CT molecular complexity index is 7130. The number of allylic oxidation sites excluding steroid dienone is 12. The largest absolute Gasteiger partial charge is 0.481 e. The fourth-order valence-electron chi connectivity index (χ4n) is 18.2. The van der Waals surface area contributed by atoms with Crippen molar-refractivity contribution in [1.82, 2.24) is 10.2 Å². The second-order valence-corrected chi connectivity index (χ2v) is 46.0. The van der Waals surface area contributed by atoms with E-state index in [0.717, 1.165) is 40.9 Å². The molecule has 0 radical (unpaired) electrons. The Balaban J connectivity index is 0.744. The molecule has 692 valence electrons. The Kier molecular flexibility index (Phi) is 27.7. The van der Waals surface area contributed by atoms with Crippen molar-refractivity contribution in [1.29, 1.82) is 0 Å². The number of hydrogen-bond donors (Lipinski definition) is 10. The zero-order chi connectivity index (χ0) is 94.9. The summed E-state index contributed by atoms with van der Waals surface area (Å²) >= 11 is 0. The van der Waals surface area contributed by atoms with E-state index >= 15 is 0 Å². The van der Waals surface area contributed by atoms with Crippen LogP contribution in [0.5, 0.6) is 0 Å². The number of rotatable bonds is 35. The van der Waals surface area contributed by atoms with Crippen LogP contribution in [0.2, 0.25) is 0 Å².